The number of fused-ring (bicyclic) bond motifs is 3. The maximum atomic E-state index is 12.0. The topological polar surface area (TPSA) is 88.2 Å². The number of aromatic nitrogens is 4. The Morgan fingerprint density at radius 2 is 2.15 bits per heavy atom. The minimum absolute atomic E-state index is 0.0366. The summed E-state index contributed by atoms with van der Waals surface area (Å²) in [5.74, 6) is 1.16. The Hall–Kier alpha value is -2.58. The van der Waals surface area contributed by atoms with Gasteiger partial charge in [-0.3, -0.25) is 9.58 Å². The highest BCUT2D eigenvalue weighted by atomic mass is 35.5. The van der Waals surface area contributed by atoms with E-state index in [1.807, 2.05) is 23.9 Å². The van der Waals surface area contributed by atoms with Crippen LogP contribution in [0.4, 0.5) is 10.5 Å². The molecule has 0 saturated carbocycles. The van der Waals surface area contributed by atoms with Gasteiger partial charge in [0, 0.05) is 29.8 Å². The van der Waals surface area contributed by atoms with Gasteiger partial charge in [-0.1, -0.05) is 18.5 Å². The second-order valence-electron chi connectivity index (χ2n) is 9.43. The van der Waals surface area contributed by atoms with Gasteiger partial charge in [-0.25, -0.2) is 9.78 Å². The molecule has 1 saturated heterocycles. The van der Waals surface area contributed by atoms with Crippen LogP contribution in [0.2, 0.25) is 5.02 Å². The Labute approximate surface area is 198 Å². The van der Waals surface area contributed by atoms with Crippen LogP contribution in [0, 0.1) is 0 Å². The summed E-state index contributed by atoms with van der Waals surface area (Å²) in [5.41, 5.74) is 3.89. The van der Waals surface area contributed by atoms with E-state index in [2.05, 4.69) is 28.0 Å². The molecule has 0 aliphatic carbocycles. The third kappa shape index (κ3) is 4.10. The number of benzene rings is 1. The highest BCUT2D eigenvalue weighted by molar-refractivity contribution is 6.30. The average molecular weight is 471 g/mol. The molecule has 1 aromatic carbocycles. The molecule has 2 aliphatic rings. The standard InChI is InChI=1S/C24H31ClN6O2/c1-15(13-29-14-17(25)12-27-29)23-28-22-19-6-5-16(2)30(24(32)33)20(19)7-8-21(22)31(23)18-4-3-10-26-11-9-18/h7-8,12,14-16,18,26H,3-6,9-11,13H2,1-2H3,(H,32,33)/t15-,16+,18+/m1/s1. The zero-order chi connectivity index (χ0) is 23.1. The van der Waals surface area contributed by atoms with Crippen molar-refractivity contribution in [2.24, 2.45) is 0 Å². The molecular weight excluding hydrogens is 440 g/mol. The van der Waals surface area contributed by atoms with Crippen LogP contribution in [0.15, 0.2) is 24.5 Å². The number of amides is 1. The summed E-state index contributed by atoms with van der Waals surface area (Å²) >= 11 is 6.09. The molecule has 0 unspecified atom stereocenters. The van der Waals surface area contributed by atoms with Crippen LogP contribution in [-0.4, -0.2) is 49.7 Å². The van der Waals surface area contributed by atoms with E-state index in [1.54, 1.807) is 6.20 Å². The molecule has 33 heavy (non-hydrogen) atoms. The van der Waals surface area contributed by atoms with Crippen LogP contribution in [0.1, 0.15) is 62.9 Å². The van der Waals surface area contributed by atoms with E-state index in [-0.39, 0.29) is 12.0 Å². The summed E-state index contributed by atoms with van der Waals surface area (Å²) in [6.45, 7) is 6.87. The molecule has 0 radical (unpaired) electrons. The molecule has 0 bridgehead atoms. The van der Waals surface area contributed by atoms with E-state index in [4.69, 9.17) is 16.6 Å². The zero-order valence-electron chi connectivity index (χ0n) is 19.2. The fourth-order valence-corrected chi connectivity index (χ4v) is 5.65. The number of nitrogens with zero attached hydrogens (tertiary/aromatic N) is 5. The van der Waals surface area contributed by atoms with Gasteiger partial charge in [-0.2, -0.15) is 5.10 Å². The fourth-order valence-electron chi connectivity index (χ4n) is 5.50. The highest BCUT2D eigenvalue weighted by Gasteiger charge is 2.32. The third-order valence-electron chi connectivity index (χ3n) is 7.10. The van der Waals surface area contributed by atoms with Crippen molar-refractivity contribution in [2.75, 3.05) is 18.0 Å². The zero-order valence-corrected chi connectivity index (χ0v) is 19.9. The van der Waals surface area contributed by atoms with Crippen molar-refractivity contribution in [1.82, 2.24) is 24.6 Å². The number of carboxylic acid groups (broad SMARTS) is 1. The van der Waals surface area contributed by atoms with Gasteiger partial charge >= 0.3 is 6.09 Å². The smallest absolute Gasteiger partial charge is 0.412 e. The van der Waals surface area contributed by atoms with Crippen molar-refractivity contribution >= 4 is 34.4 Å². The van der Waals surface area contributed by atoms with Crippen LogP contribution < -0.4 is 10.2 Å². The number of rotatable bonds is 4. The predicted molar refractivity (Wildman–Crippen MR) is 129 cm³/mol. The molecule has 1 amide bonds. The van der Waals surface area contributed by atoms with E-state index in [9.17, 15) is 9.90 Å². The van der Waals surface area contributed by atoms with Crippen molar-refractivity contribution in [2.45, 2.75) is 70.5 Å². The average Bonchev–Trinajstić information content (AvgIpc) is 3.26. The van der Waals surface area contributed by atoms with Crippen molar-refractivity contribution in [3.8, 4) is 0 Å². The first-order chi connectivity index (χ1) is 15.9. The summed E-state index contributed by atoms with van der Waals surface area (Å²) in [4.78, 5) is 18.7. The maximum absolute atomic E-state index is 12.0. The van der Waals surface area contributed by atoms with Crippen LogP contribution in [0.25, 0.3) is 11.0 Å². The summed E-state index contributed by atoms with van der Waals surface area (Å²) in [5, 5.41) is 18.4. The number of carbonyl (C=O) groups is 1. The van der Waals surface area contributed by atoms with Gasteiger partial charge in [0.15, 0.2) is 0 Å². The van der Waals surface area contributed by atoms with E-state index in [1.165, 1.54) is 4.90 Å². The number of halogens is 1. The van der Waals surface area contributed by atoms with Crippen LogP contribution in [-0.2, 0) is 13.0 Å². The van der Waals surface area contributed by atoms with Crippen molar-refractivity contribution in [1.29, 1.82) is 0 Å². The first-order valence-corrected chi connectivity index (χ1v) is 12.3. The normalized spacial score (nSPS) is 22.2. The first kappa shape index (κ1) is 22.2. The molecular formula is C24H31ClN6O2. The largest absolute Gasteiger partial charge is 0.465 e. The lowest BCUT2D eigenvalue weighted by molar-refractivity contribution is 0.198. The Bertz CT molecular complexity index is 1160. The monoisotopic (exact) mass is 470 g/mol. The number of hydrogen-bond acceptors (Lipinski definition) is 4. The second-order valence-corrected chi connectivity index (χ2v) is 9.86. The number of imidazole rings is 1. The lowest BCUT2D eigenvalue weighted by Crippen LogP contribution is -2.41. The number of hydrogen-bond donors (Lipinski definition) is 2. The SMILES string of the molecule is C[C@H](Cn1cc(Cl)cn1)c1nc2c3c(ccc2n1[C@H]1CCCNCC1)N(C(=O)O)[C@@H](C)CC3. The molecule has 3 atom stereocenters. The number of anilines is 1. The van der Waals surface area contributed by atoms with E-state index in [0.717, 1.165) is 73.3 Å². The molecule has 1 fully saturated rings. The van der Waals surface area contributed by atoms with Crippen molar-refractivity contribution < 1.29 is 9.90 Å². The molecule has 3 aromatic rings. The summed E-state index contributed by atoms with van der Waals surface area (Å²) in [6, 6.07) is 4.38. The summed E-state index contributed by atoms with van der Waals surface area (Å²) < 4.78 is 4.30. The van der Waals surface area contributed by atoms with E-state index in [0.29, 0.717) is 17.6 Å². The Morgan fingerprint density at radius 3 is 2.91 bits per heavy atom. The van der Waals surface area contributed by atoms with Gasteiger partial charge in [0.05, 0.1) is 34.5 Å². The van der Waals surface area contributed by atoms with Crippen molar-refractivity contribution in [3.05, 3.63) is 40.9 Å². The molecule has 2 N–H and O–H groups in total. The van der Waals surface area contributed by atoms with Gasteiger partial charge in [-0.05, 0) is 64.3 Å². The Kier molecular flexibility index (Phi) is 6.05. The molecule has 5 rings (SSSR count). The molecule has 0 spiro atoms. The highest BCUT2D eigenvalue weighted by Crippen LogP contribution is 2.39. The lowest BCUT2D eigenvalue weighted by Gasteiger charge is -2.33. The third-order valence-corrected chi connectivity index (χ3v) is 7.30. The van der Waals surface area contributed by atoms with E-state index < -0.39 is 6.09 Å². The fraction of sp³-hybridized carbons (Fsp3) is 0.542. The molecule has 4 heterocycles. The number of nitrogens with one attached hydrogen (secondary N) is 1. The second kappa shape index (κ2) is 8.99. The quantitative estimate of drug-likeness (QED) is 0.570. The van der Waals surface area contributed by atoms with Gasteiger partial charge in [0.25, 0.3) is 0 Å². The molecule has 8 nitrogen and oxygen atoms in total. The molecule has 2 aliphatic heterocycles. The van der Waals surface area contributed by atoms with E-state index >= 15 is 0 Å². The van der Waals surface area contributed by atoms with Gasteiger partial charge in [0.1, 0.15) is 5.82 Å². The van der Waals surface area contributed by atoms with Crippen LogP contribution in [0.3, 0.4) is 0 Å². The van der Waals surface area contributed by atoms with Crippen LogP contribution >= 0.6 is 11.6 Å². The number of aryl methyl sites for hydroxylation is 1. The Balaban J connectivity index is 1.64. The molecule has 176 valence electrons. The minimum atomic E-state index is -0.902. The lowest BCUT2D eigenvalue weighted by atomic mass is 9.95. The van der Waals surface area contributed by atoms with Crippen LogP contribution in [0.5, 0.6) is 0 Å². The molecule has 9 heteroatoms. The van der Waals surface area contributed by atoms with Gasteiger partial charge in [0.2, 0.25) is 0 Å². The maximum Gasteiger partial charge on any atom is 0.412 e. The van der Waals surface area contributed by atoms with Crippen molar-refractivity contribution in [3.63, 3.8) is 0 Å². The predicted octanol–water partition coefficient (Wildman–Crippen LogP) is 4.82. The van der Waals surface area contributed by atoms with Gasteiger partial charge in [-0.15, -0.1) is 0 Å². The summed E-state index contributed by atoms with van der Waals surface area (Å²) in [7, 11) is 0. The Morgan fingerprint density at radius 1 is 1.30 bits per heavy atom. The first-order valence-electron chi connectivity index (χ1n) is 11.9. The molecule has 2 aromatic heterocycles. The summed E-state index contributed by atoms with van der Waals surface area (Å²) in [6.07, 6.45) is 7.51. The minimum Gasteiger partial charge on any atom is -0.465 e. The van der Waals surface area contributed by atoms with Gasteiger partial charge < -0.3 is 15.0 Å².